The normalized spacial score (nSPS) is 20.6. The lowest BCUT2D eigenvalue weighted by Gasteiger charge is -2.23. The molecular weight excluding hydrogens is 296 g/mol. The van der Waals surface area contributed by atoms with Gasteiger partial charge < -0.3 is 4.52 Å². The average Bonchev–Trinajstić information content (AvgIpc) is 3.08. The summed E-state index contributed by atoms with van der Waals surface area (Å²) in [6, 6.07) is 3.89. The van der Waals surface area contributed by atoms with Crippen molar-refractivity contribution in [3.8, 4) is 0 Å². The Hall–Kier alpha value is -1.18. The van der Waals surface area contributed by atoms with Crippen LogP contribution in [0.3, 0.4) is 0 Å². The fraction of sp³-hybridized carbons (Fsp3) is 0.462. The zero-order chi connectivity index (χ0) is 14.3. The Balaban J connectivity index is 2.03. The first-order valence-electron chi connectivity index (χ1n) is 6.50. The minimum Gasteiger partial charge on any atom is -0.360 e. The van der Waals surface area contributed by atoms with Crippen molar-refractivity contribution < 1.29 is 12.9 Å². The van der Waals surface area contributed by atoms with Crippen LogP contribution < -0.4 is 0 Å². The highest BCUT2D eigenvalue weighted by Crippen LogP contribution is 2.39. The van der Waals surface area contributed by atoms with Gasteiger partial charge in [0.25, 0.3) is 0 Å². The van der Waals surface area contributed by atoms with Gasteiger partial charge in [-0.2, -0.15) is 4.31 Å². The van der Waals surface area contributed by atoms with E-state index in [1.165, 1.54) is 0 Å². The molecule has 0 saturated carbocycles. The fourth-order valence-electron chi connectivity index (χ4n) is 2.75. The molecule has 1 fully saturated rings. The number of rotatable bonds is 3. The Labute approximate surface area is 122 Å². The number of nitrogens with zero attached hydrogens (tertiary/aromatic N) is 2. The van der Waals surface area contributed by atoms with Crippen LogP contribution in [0.25, 0.3) is 0 Å². The van der Waals surface area contributed by atoms with E-state index in [1.54, 1.807) is 29.5 Å². The van der Waals surface area contributed by atoms with Crippen LogP contribution in [0, 0.1) is 13.8 Å². The van der Waals surface area contributed by atoms with Gasteiger partial charge in [-0.05, 0) is 38.1 Å². The molecule has 0 amide bonds. The second-order valence-corrected chi connectivity index (χ2v) is 7.75. The van der Waals surface area contributed by atoms with Gasteiger partial charge in [-0.15, -0.1) is 11.3 Å². The van der Waals surface area contributed by atoms with Crippen molar-refractivity contribution in [1.29, 1.82) is 0 Å². The molecule has 2 aromatic rings. The van der Waals surface area contributed by atoms with Crippen LogP contribution in [-0.2, 0) is 10.0 Å². The maximum Gasteiger partial charge on any atom is 0.249 e. The molecule has 2 aromatic heterocycles. The predicted molar refractivity (Wildman–Crippen MR) is 76.2 cm³/mol. The third-order valence-electron chi connectivity index (χ3n) is 3.61. The monoisotopic (exact) mass is 312 g/mol. The summed E-state index contributed by atoms with van der Waals surface area (Å²) in [6.45, 7) is 3.86. The first-order chi connectivity index (χ1) is 9.51. The van der Waals surface area contributed by atoms with Crippen molar-refractivity contribution >= 4 is 21.4 Å². The molecule has 0 radical (unpaired) electrons. The first-order valence-corrected chi connectivity index (χ1v) is 8.82. The fourth-order valence-corrected chi connectivity index (χ4v) is 5.66. The third kappa shape index (κ3) is 2.10. The zero-order valence-corrected chi connectivity index (χ0v) is 13.0. The predicted octanol–water partition coefficient (Wildman–Crippen LogP) is 2.88. The zero-order valence-electron chi connectivity index (χ0n) is 11.4. The third-order valence-corrected chi connectivity index (χ3v) is 6.74. The van der Waals surface area contributed by atoms with Gasteiger partial charge in [-0.3, -0.25) is 0 Å². The minimum atomic E-state index is -3.55. The number of hydrogen-bond donors (Lipinski definition) is 0. The van der Waals surface area contributed by atoms with Crippen LogP contribution in [0.4, 0.5) is 0 Å². The molecule has 0 aromatic carbocycles. The van der Waals surface area contributed by atoms with Crippen LogP contribution in [0.15, 0.2) is 26.9 Å². The molecule has 3 rings (SSSR count). The van der Waals surface area contributed by atoms with E-state index >= 15 is 0 Å². The van der Waals surface area contributed by atoms with Gasteiger partial charge in [-0.1, -0.05) is 11.2 Å². The van der Waals surface area contributed by atoms with Gasteiger partial charge in [-0.25, -0.2) is 8.42 Å². The highest BCUT2D eigenvalue weighted by Gasteiger charge is 2.39. The Bertz CT molecular complexity index is 685. The molecule has 1 atom stereocenters. The number of aryl methyl sites for hydroxylation is 2. The minimum absolute atomic E-state index is 0.0614. The Kier molecular flexibility index (Phi) is 3.43. The molecule has 0 bridgehead atoms. The molecule has 0 aliphatic carbocycles. The van der Waals surface area contributed by atoms with E-state index in [0.717, 1.165) is 17.7 Å². The van der Waals surface area contributed by atoms with Crippen molar-refractivity contribution in [2.75, 3.05) is 6.54 Å². The summed E-state index contributed by atoms with van der Waals surface area (Å²) in [5.41, 5.74) is 0.430. The van der Waals surface area contributed by atoms with Gasteiger partial charge in [0.05, 0.1) is 6.04 Å². The standard InChI is InChI=1S/C13H16N2O3S2/c1-9-13(10(2)18-14-9)20(16,17)15-7-3-5-11(15)12-6-4-8-19-12/h4,6,8,11H,3,5,7H2,1-2H3/t11-/m0/s1. The van der Waals surface area contributed by atoms with Crippen LogP contribution in [0.1, 0.15) is 35.2 Å². The summed E-state index contributed by atoms with van der Waals surface area (Å²) < 4.78 is 32.3. The highest BCUT2D eigenvalue weighted by molar-refractivity contribution is 7.89. The quantitative estimate of drug-likeness (QED) is 0.874. The van der Waals surface area contributed by atoms with Crippen LogP contribution in [0.5, 0.6) is 0 Å². The summed E-state index contributed by atoms with van der Waals surface area (Å²) in [5.74, 6) is 0.360. The molecule has 1 aliphatic rings. The Morgan fingerprint density at radius 1 is 1.45 bits per heavy atom. The molecule has 0 unspecified atom stereocenters. The second-order valence-electron chi connectivity index (χ2n) is 4.94. The lowest BCUT2D eigenvalue weighted by Crippen LogP contribution is -2.31. The van der Waals surface area contributed by atoms with Crippen LogP contribution in [0.2, 0.25) is 0 Å². The summed E-state index contributed by atoms with van der Waals surface area (Å²) in [6.07, 6.45) is 1.74. The van der Waals surface area contributed by atoms with Gasteiger partial charge in [0.2, 0.25) is 10.0 Å². The Morgan fingerprint density at radius 3 is 2.85 bits per heavy atom. The van der Waals surface area contributed by atoms with E-state index in [9.17, 15) is 8.42 Å². The topological polar surface area (TPSA) is 63.4 Å². The van der Waals surface area contributed by atoms with E-state index in [2.05, 4.69) is 5.16 Å². The molecular formula is C13H16N2O3S2. The largest absolute Gasteiger partial charge is 0.360 e. The smallest absolute Gasteiger partial charge is 0.249 e. The second kappa shape index (κ2) is 4.98. The van der Waals surface area contributed by atoms with Gasteiger partial charge in [0.1, 0.15) is 10.6 Å². The van der Waals surface area contributed by atoms with Gasteiger partial charge in [0.15, 0.2) is 5.76 Å². The lowest BCUT2D eigenvalue weighted by atomic mass is 10.2. The van der Waals surface area contributed by atoms with E-state index in [1.807, 2.05) is 17.5 Å². The first kappa shape index (κ1) is 13.8. The number of sulfonamides is 1. The van der Waals surface area contributed by atoms with Crippen LogP contribution in [-0.4, -0.2) is 24.4 Å². The summed E-state index contributed by atoms with van der Waals surface area (Å²) in [7, 11) is -3.55. The molecule has 7 heteroatoms. The Morgan fingerprint density at radius 2 is 2.25 bits per heavy atom. The molecule has 0 spiro atoms. The van der Waals surface area contributed by atoms with Crippen molar-refractivity contribution in [1.82, 2.24) is 9.46 Å². The van der Waals surface area contributed by atoms with E-state index in [4.69, 9.17) is 4.52 Å². The average molecular weight is 312 g/mol. The molecule has 108 valence electrons. The van der Waals surface area contributed by atoms with E-state index < -0.39 is 10.0 Å². The molecule has 20 heavy (non-hydrogen) atoms. The number of hydrogen-bond acceptors (Lipinski definition) is 5. The molecule has 3 heterocycles. The molecule has 1 aliphatic heterocycles. The van der Waals surface area contributed by atoms with Crippen molar-refractivity contribution in [3.05, 3.63) is 33.8 Å². The molecule has 5 nitrogen and oxygen atoms in total. The van der Waals surface area contributed by atoms with Crippen LogP contribution >= 0.6 is 11.3 Å². The lowest BCUT2D eigenvalue weighted by molar-refractivity contribution is 0.385. The maximum atomic E-state index is 12.9. The highest BCUT2D eigenvalue weighted by atomic mass is 32.2. The summed E-state index contributed by atoms with van der Waals surface area (Å²) in [4.78, 5) is 1.32. The van der Waals surface area contributed by atoms with Crippen molar-refractivity contribution in [2.24, 2.45) is 0 Å². The number of thiophene rings is 1. The summed E-state index contributed by atoms with van der Waals surface area (Å²) >= 11 is 1.60. The van der Waals surface area contributed by atoms with Crippen molar-refractivity contribution in [3.63, 3.8) is 0 Å². The molecule has 0 N–H and O–H groups in total. The van der Waals surface area contributed by atoms with Gasteiger partial charge in [0, 0.05) is 11.4 Å². The summed E-state index contributed by atoms with van der Waals surface area (Å²) in [5, 5.41) is 5.74. The van der Waals surface area contributed by atoms with E-state index in [-0.39, 0.29) is 10.9 Å². The van der Waals surface area contributed by atoms with Crippen molar-refractivity contribution in [2.45, 2.75) is 37.6 Å². The number of aromatic nitrogens is 1. The molecule has 1 saturated heterocycles. The van der Waals surface area contributed by atoms with Gasteiger partial charge >= 0.3 is 0 Å². The maximum absolute atomic E-state index is 12.9. The van der Waals surface area contributed by atoms with E-state index in [0.29, 0.717) is 18.0 Å². The SMILES string of the molecule is Cc1noc(C)c1S(=O)(=O)N1CCC[C@H]1c1cccs1.